The number of fused-ring (bicyclic) bond motifs is 1. The van der Waals surface area contributed by atoms with Crippen LogP contribution >= 0.6 is 0 Å². The summed E-state index contributed by atoms with van der Waals surface area (Å²) in [6.45, 7) is 0.510. The molecule has 2 heterocycles. The molecule has 3 N–H and O–H groups in total. The van der Waals surface area contributed by atoms with Crippen LogP contribution in [-0.4, -0.2) is 57.4 Å². The number of hydrogen-bond acceptors (Lipinski definition) is 7. The number of pyridine rings is 1. The Labute approximate surface area is 201 Å². The summed E-state index contributed by atoms with van der Waals surface area (Å²) in [5.41, 5.74) is 1.99. The molecule has 35 heavy (non-hydrogen) atoms. The first-order chi connectivity index (χ1) is 16.9. The van der Waals surface area contributed by atoms with Crippen LogP contribution in [0.25, 0.3) is 0 Å². The van der Waals surface area contributed by atoms with Crippen LogP contribution in [0.2, 0.25) is 0 Å². The summed E-state index contributed by atoms with van der Waals surface area (Å²) in [6, 6.07) is 5.13. The molecular weight excluding hydrogens is 460 g/mol. The van der Waals surface area contributed by atoms with Gasteiger partial charge in [-0.3, -0.25) is 4.79 Å². The van der Waals surface area contributed by atoms with E-state index in [1.807, 2.05) is 6.07 Å². The van der Waals surface area contributed by atoms with E-state index in [1.54, 1.807) is 0 Å². The Balaban J connectivity index is 1.38. The van der Waals surface area contributed by atoms with Gasteiger partial charge >= 0.3 is 11.9 Å². The van der Waals surface area contributed by atoms with E-state index in [1.165, 1.54) is 5.56 Å². The van der Waals surface area contributed by atoms with Crippen LogP contribution in [0.5, 0.6) is 0 Å². The van der Waals surface area contributed by atoms with Gasteiger partial charge in [-0.1, -0.05) is 6.07 Å². The number of hydroxylamine groups is 2. The molecule has 1 aromatic carbocycles. The van der Waals surface area contributed by atoms with Gasteiger partial charge in [-0.15, -0.1) is 5.06 Å². The van der Waals surface area contributed by atoms with Crippen molar-refractivity contribution in [1.82, 2.24) is 10.0 Å². The molecule has 0 amide bonds. The fraction of sp³-hybridized carbons (Fsp3) is 0.480. The molecular formula is C25H29F2N3O5. The number of aryl methyl sites for hydroxylation is 2. The monoisotopic (exact) mass is 489 g/mol. The highest BCUT2D eigenvalue weighted by molar-refractivity contribution is 5.89. The lowest BCUT2D eigenvalue weighted by atomic mass is 9.76. The molecule has 1 atom stereocenters. The van der Waals surface area contributed by atoms with Gasteiger partial charge in [0.2, 0.25) is 0 Å². The number of carboxylic acid groups (broad SMARTS) is 1. The minimum atomic E-state index is -1.26. The van der Waals surface area contributed by atoms with Crippen LogP contribution < -0.4 is 5.32 Å². The van der Waals surface area contributed by atoms with E-state index in [9.17, 15) is 28.6 Å². The first kappa shape index (κ1) is 25.0. The predicted molar refractivity (Wildman–Crippen MR) is 123 cm³/mol. The largest absolute Gasteiger partial charge is 0.480 e. The molecule has 1 aliphatic carbocycles. The average molecular weight is 490 g/mol. The molecule has 1 fully saturated rings. The van der Waals surface area contributed by atoms with E-state index in [-0.39, 0.29) is 18.0 Å². The Bertz CT molecular complexity index is 1080. The Morgan fingerprint density at radius 3 is 2.71 bits per heavy atom. The molecule has 4 rings (SSSR count). The molecule has 0 saturated heterocycles. The van der Waals surface area contributed by atoms with Crippen LogP contribution in [0.4, 0.5) is 14.6 Å². The minimum absolute atomic E-state index is 0.145. The van der Waals surface area contributed by atoms with Crippen molar-refractivity contribution in [2.24, 2.45) is 5.92 Å². The van der Waals surface area contributed by atoms with Crippen LogP contribution in [0, 0.1) is 17.6 Å². The summed E-state index contributed by atoms with van der Waals surface area (Å²) in [7, 11) is 0. The van der Waals surface area contributed by atoms with Gasteiger partial charge in [-0.05, 0) is 80.7 Å². The second-order valence-electron chi connectivity index (χ2n) is 9.10. The Kier molecular flexibility index (Phi) is 7.92. The third-order valence-corrected chi connectivity index (χ3v) is 6.67. The van der Waals surface area contributed by atoms with E-state index < -0.39 is 36.2 Å². The number of hydrogen-bond donors (Lipinski definition) is 3. The van der Waals surface area contributed by atoms with Crippen molar-refractivity contribution in [3.63, 3.8) is 0 Å². The number of aliphatic hydroxyl groups is 1. The standard InChI is InChI=1S/C25H29F2N3O5/c26-20-8-5-17(14-21(20)27)25(34)35-30(22(9-11-31)24(32)33)19-12-15(13-19)3-6-18-7-4-16-2-1-10-28-23(16)29-18/h4-5,7-8,14-15,19,22,31H,1-3,6,9-13H2,(H,28,29)(H,32,33)/t15?,19?,22-/m0/s1. The van der Waals surface area contributed by atoms with Crippen LogP contribution in [0.3, 0.4) is 0 Å². The SMILES string of the molecule is O=C(ON(C1CC(CCc2ccc3c(n2)NCCC3)C1)[C@@H](CCO)C(=O)O)c1ccc(F)c(F)c1. The topological polar surface area (TPSA) is 112 Å². The lowest BCUT2D eigenvalue weighted by Crippen LogP contribution is -2.53. The van der Waals surface area contributed by atoms with Crippen molar-refractivity contribution in [2.75, 3.05) is 18.5 Å². The van der Waals surface area contributed by atoms with Crippen LogP contribution in [-0.2, 0) is 22.5 Å². The number of aromatic nitrogens is 1. The molecule has 0 unspecified atom stereocenters. The maximum atomic E-state index is 13.6. The fourth-order valence-electron chi connectivity index (χ4n) is 4.65. The number of carboxylic acids is 1. The van der Waals surface area contributed by atoms with Crippen molar-refractivity contribution < 1.29 is 33.4 Å². The third kappa shape index (κ3) is 5.94. The average Bonchev–Trinajstić information content (AvgIpc) is 2.82. The van der Waals surface area contributed by atoms with Crippen molar-refractivity contribution in [3.8, 4) is 0 Å². The number of rotatable bonds is 10. The predicted octanol–water partition coefficient (Wildman–Crippen LogP) is 3.34. The van der Waals surface area contributed by atoms with Crippen molar-refractivity contribution in [1.29, 1.82) is 0 Å². The summed E-state index contributed by atoms with van der Waals surface area (Å²) in [6.07, 6.45) is 4.81. The zero-order valence-corrected chi connectivity index (χ0v) is 19.3. The molecule has 1 aromatic heterocycles. The van der Waals surface area contributed by atoms with E-state index in [2.05, 4.69) is 11.4 Å². The Morgan fingerprint density at radius 2 is 2.00 bits per heavy atom. The maximum absolute atomic E-state index is 13.6. The normalized spacial score (nSPS) is 19.9. The molecule has 0 spiro atoms. The van der Waals surface area contributed by atoms with E-state index >= 15 is 0 Å². The second-order valence-corrected chi connectivity index (χ2v) is 9.10. The first-order valence-corrected chi connectivity index (χ1v) is 11.9. The molecule has 2 aliphatic rings. The number of carbonyl (C=O) groups is 2. The van der Waals surface area contributed by atoms with Gasteiger partial charge < -0.3 is 20.4 Å². The maximum Gasteiger partial charge on any atom is 0.357 e. The van der Waals surface area contributed by atoms with Gasteiger partial charge in [0.05, 0.1) is 5.56 Å². The molecule has 2 aromatic rings. The smallest absolute Gasteiger partial charge is 0.357 e. The Hall–Kier alpha value is -3.11. The number of anilines is 1. The lowest BCUT2D eigenvalue weighted by Gasteiger charge is -2.43. The molecule has 1 aliphatic heterocycles. The zero-order valence-electron chi connectivity index (χ0n) is 19.3. The van der Waals surface area contributed by atoms with Gasteiger partial charge in [0, 0.05) is 24.9 Å². The zero-order chi connectivity index (χ0) is 24.9. The van der Waals surface area contributed by atoms with E-state index in [4.69, 9.17) is 9.82 Å². The number of nitrogens with zero attached hydrogens (tertiary/aromatic N) is 2. The molecule has 188 valence electrons. The fourth-order valence-corrected chi connectivity index (χ4v) is 4.65. The Morgan fingerprint density at radius 1 is 1.20 bits per heavy atom. The minimum Gasteiger partial charge on any atom is -0.480 e. The van der Waals surface area contributed by atoms with Crippen LogP contribution in [0.1, 0.15) is 53.7 Å². The highest BCUT2D eigenvalue weighted by atomic mass is 19.2. The van der Waals surface area contributed by atoms with Crippen molar-refractivity contribution >= 4 is 17.8 Å². The summed E-state index contributed by atoms with van der Waals surface area (Å²) in [5, 5.41) is 23.4. The second kappa shape index (κ2) is 11.1. The lowest BCUT2D eigenvalue weighted by molar-refractivity contribution is -0.204. The highest BCUT2D eigenvalue weighted by Gasteiger charge is 2.42. The number of halogens is 2. The molecule has 8 nitrogen and oxygen atoms in total. The van der Waals surface area contributed by atoms with Gasteiger partial charge in [-0.25, -0.2) is 18.6 Å². The third-order valence-electron chi connectivity index (χ3n) is 6.67. The van der Waals surface area contributed by atoms with Crippen LogP contribution in [0.15, 0.2) is 30.3 Å². The van der Waals surface area contributed by atoms with Gasteiger partial charge in [0.25, 0.3) is 0 Å². The number of aliphatic carboxylic acids is 1. The van der Waals surface area contributed by atoms with Gasteiger partial charge in [0.1, 0.15) is 11.9 Å². The summed E-state index contributed by atoms with van der Waals surface area (Å²) >= 11 is 0. The summed E-state index contributed by atoms with van der Waals surface area (Å²) < 4.78 is 26.8. The molecule has 0 bridgehead atoms. The molecule has 10 heteroatoms. The summed E-state index contributed by atoms with van der Waals surface area (Å²) in [5.74, 6) is -3.30. The molecule has 1 saturated carbocycles. The van der Waals surface area contributed by atoms with Crippen molar-refractivity contribution in [2.45, 2.75) is 57.0 Å². The quantitative estimate of drug-likeness (QED) is 0.436. The van der Waals surface area contributed by atoms with E-state index in [0.29, 0.717) is 24.8 Å². The first-order valence-electron chi connectivity index (χ1n) is 11.9. The molecule has 0 radical (unpaired) electrons. The van der Waals surface area contributed by atoms with E-state index in [0.717, 1.165) is 60.9 Å². The van der Waals surface area contributed by atoms with Gasteiger partial charge in [-0.2, -0.15) is 0 Å². The van der Waals surface area contributed by atoms with Gasteiger partial charge in [0.15, 0.2) is 11.6 Å². The number of benzene rings is 1. The number of carbonyl (C=O) groups excluding carboxylic acids is 1. The number of aliphatic hydroxyl groups excluding tert-OH is 1. The summed E-state index contributed by atoms with van der Waals surface area (Å²) in [4.78, 5) is 34.5. The number of nitrogens with one attached hydrogen (secondary N) is 1. The van der Waals surface area contributed by atoms with Crippen molar-refractivity contribution in [3.05, 3.63) is 58.8 Å². The highest BCUT2D eigenvalue weighted by Crippen LogP contribution is 2.37.